The highest BCUT2D eigenvalue weighted by Crippen LogP contribution is 2.30. The van der Waals surface area contributed by atoms with Gasteiger partial charge in [0.05, 0.1) is 23.0 Å². The number of nitrogens with zero attached hydrogens (tertiary/aromatic N) is 2. The average Bonchev–Trinajstić information content (AvgIpc) is 2.76. The van der Waals surface area contributed by atoms with E-state index in [-0.39, 0.29) is 6.04 Å². The Morgan fingerprint density at radius 3 is 2.50 bits per heavy atom. The molecule has 1 aromatic heterocycles. The van der Waals surface area contributed by atoms with E-state index in [0.717, 1.165) is 28.7 Å². The predicted octanol–water partition coefficient (Wildman–Crippen LogP) is 4.37. The van der Waals surface area contributed by atoms with Crippen LogP contribution in [0.15, 0.2) is 22.8 Å². The fourth-order valence-corrected chi connectivity index (χ4v) is 2.88. The van der Waals surface area contributed by atoms with Crippen LogP contribution in [0.25, 0.3) is 0 Å². The molecule has 0 saturated heterocycles. The molecule has 20 heavy (non-hydrogen) atoms. The second-order valence-corrected chi connectivity index (χ2v) is 6.25. The van der Waals surface area contributed by atoms with Gasteiger partial charge >= 0.3 is 0 Å². The first-order valence-corrected chi connectivity index (χ1v) is 7.86. The van der Waals surface area contributed by atoms with E-state index >= 15 is 0 Å². The number of halogens is 2. The lowest BCUT2D eigenvalue weighted by Crippen LogP contribution is -2.18. The van der Waals surface area contributed by atoms with E-state index in [2.05, 4.69) is 53.9 Å². The lowest BCUT2D eigenvalue weighted by atomic mass is 9.99. The van der Waals surface area contributed by atoms with E-state index < -0.39 is 0 Å². The van der Waals surface area contributed by atoms with Gasteiger partial charge in [-0.15, -0.1) is 0 Å². The summed E-state index contributed by atoms with van der Waals surface area (Å²) in [5.41, 5.74) is 10.7. The van der Waals surface area contributed by atoms with Gasteiger partial charge in [-0.2, -0.15) is 5.10 Å². The molecule has 3 nitrogen and oxygen atoms in total. The van der Waals surface area contributed by atoms with E-state index in [0.29, 0.717) is 5.02 Å². The first-order valence-electron chi connectivity index (χ1n) is 6.69. The molecule has 0 fully saturated rings. The van der Waals surface area contributed by atoms with Gasteiger partial charge in [0.25, 0.3) is 0 Å². The predicted molar refractivity (Wildman–Crippen MR) is 87.2 cm³/mol. The Bertz CT molecular complexity index is 599. The van der Waals surface area contributed by atoms with E-state index in [1.54, 1.807) is 6.20 Å². The molecule has 1 heterocycles. The molecule has 5 heteroatoms. The SMILES string of the molecule is CCCn1ncc(Cl)c1C(N)c1cc(C)c(Br)c(C)c1. The van der Waals surface area contributed by atoms with Crippen LogP contribution in [0.4, 0.5) is 0 Å². The second-order valence-electron chi connectivity index (χ2n) is 5.05. The Kier molecular flexibility index (Phi) is 4.89. The summed E-state index contributed by atoms with van der Waals surface area (Å²) in [6.07, 6.45) is 2.67. The van der Waals surface area contributed by atoms with Crippen LogP contribution in [-0.4, -0.2) is 9.78 Å². The number of hydrogen-bond donors (Lipinski definition) is 1. The number of aryl methyl sites for hydroxylation is 3. The van der Waals surface area contributed by atoms with Gasteiger partial charge in [0.15, 0.2) is 0 Å². The summed E-state index contributed by atoms with van der Waals surface area (Å²) < 4.78 is 3.03. The minimum absolute atomic E-state index is 0.262. The molecule has 0 aliphatic rings. The molecule has 1 atom stereocenters. The van der Waals surface area contributed by atoms with Gasteiger partial charge in [0.2, 0.25) is 0 Å². The summed E-state index contributed by atoms with van der Waals surface area (Å²) in [5.74, 6) is 0. The summed E-state index contributed by atoms with van der Waals surface area (Å²) in [6, 6.07) is 3.94. The first kappa shape index (κ1) is 15.5. The highest BCUT2D eigenvalue weighted by molar-refractivity contribution is 9.10. The molecular formula is C15H19BrClN3. The van der Waals surface area contributed by atoms with Crippen LogP contribution in [0.3, 0.4) is 0 Å². The zero-order chi connectivity index (χ0) is 14.9. The van der Waals surface area contributed by atoms with Crippen molar-refractivity contribution in [2.24, 2.45) is 5.73 Å². The topological polar surface area (TPSA) is 43.8 Å². The summed E-state index contributed by atoms with van der Waals surface area (Å²) in [5, 5.41) is 4.94. The molecule has 2 aromatic rings. The monoisotopic (exact) mass is 355 g/mol. The Hall–Kier alpha value is -0.840. The van der Waals surface area contributed by atoms with E-state index in [4.69, 9.17) is 17.3 Å². The quantitative estimate of drug-likeness (QED) is 0.883. The molecule has 0 aliphatic carbocycles. The van der Waals surface area contributed by atoms with Gasteiger partial charge in [-0.1, -0.05) is 46.6 Å². The highest BCUT2D eigenvalue weighted by Gasteiger charge is 2.19. The molecule has 2 rings (SSSR count). The van der Waals surface area contributed by atoms with Crippen molar-refractivity contribution < 1.29 is 0 Å². The van der Waals surface area contributed by atoms with Gasteiger partial charge in [0.1, 0.15) is 0 Å². The number of hydrogen-bond acceptors (Lipinski definition) is 2. The third kappa shape index (κ3) is 2.92. The van der Waals surface area contributed by atoms with Crippen molar-refractivity contribution in [3.8, 4) is 0 Å². The molecule has 0 amide bonds. The second kappa shape index (κ2) is 6.29. The van der Waals surface area contributed by atoms with Crippen molar-refractivity contribution >= 4 is 27.5 Å². The van der Waals surface area contributed by atoms with Crippen molar-refractivity contribution in [1.29, 1.82) is 0 Å². The number of benzene rings is 1. The highest BCUT2D eigenvalue weighted by atomic mass is 79.9. The van der Waals surface area contributed by atoms with Gasteiger partial charge in [-0.25, -0.2) is 0 Å². The largest absolute Gasteiger partial charge is 0.319 e. The van der Waals surface area contributed by atoms with Gasteiger partial charge in [-0.05, 0) is 37.0 Å². The zero-order valence-corrected chi connectivity index (χ0v) is 14.3. The molecule has 1 unspecified atom stereocenters. The maximum absolute atomic E-state index is 6.42. The Morgan fingerprint density at radius 2 is 1.95 bits per heavy atom. The smallest absolute Gasteiger partial charge is 0.0837 e. The summed E-state index contributed by atoms with van der Waals surface area (Å²) in [4.78, 5) is 0. The maximum atomic E-state index is 6.42. The van der Waals surface area contributed by atoms with Crippen LogP contribution in [0, 0.1) is 13.8 Å². The number of rotatable bonds is 4. The fraction of sp³-hybridized carbons (Fsp3) is 0.400. The number of aromatic nitrogens is 2. The summed E-state index contributed by atoms with van der Waals surface area (Å²) in [7, 11) is 0. The Balaban J connectivity index is 2.46. The molecule has 0 aliphatic heterocycles. The van der Waals surface area contributed by atoms with E-state index in [1.165, 1.54) is 11.1 Å². The molecule has 0 saturated carbocycles. The van der Waals surface area contributed by atoms with Gasteiger partial charge in [-0.3, -0.25) is 4.68 Å². The normalized spacial score (nSPS) is 12.7. The van der Waals surface area contributed by atoms with Crippen molar-refractivity contribution in [3.05, 3.63) is 50.2 Å². The van der Waals surface area contributed by atoms with Crippen molar-refractivity contribution in [2.45, 2.75) is 39.8 Å². The van der Waals surface area contributed by atoms with Crippen molar-refractivity contribution in [2.75, 3.05) is 0 Å². The molecule has 0 spiro atoms. The minimum Gasteiger partial charge on any atom is -0.319 e. The van der Waals surface area contributed by atoms with Crippen LogP contribution in [0.5, 0.6) is 0 Å². The molecular weight excluding hydrogens is 338 g/mol. The third-order valence-electron chi connectivity index (χ3n) is 3.38. The summed E-state index contributed by atoms with van der Waals surface area (Å²) >= 11 is 9.84. The van der Waals surface area contributed by atoms with E-state index in [9.17, 15) is 0 Å². The standard InChI is InChI=1S/C15H19BrClN3/c1-4-5-20-15(12(17)8-19-20)14(18)11-6-9(2)13(16)10(3)7-11/h6-8,14H,4-5,18H2,1-3H3. The lowest BCUT2D eigenvalue weighted by molar-refractivity contribution is 0.559. The Labute approximate surface area is 133 Å². The molecule has 108 valence electrons. The van der Waals surface area contributed by atoms with Crippen molar-refractivity contribution in [3.63, 3.8) is 0 Å². The fourth-order valence-electron chi connectivity index (χ4n) is 2.39. The van der Waals surface area contributed by atoms with Gasteiger partial charge in [0, 0.05) is 11.0 Å². The van der Waals surface area contributed by atoms with Crippen molar-refractivity contribution in [1.82, 2.24) is 9.78 Å². The molecule has 1 aromatic carbocycles. The minimum atomic E-state index is -0.262. The van der Waals surface area contributed by atoms with Gasteiger partial charge < -0.3 is 5.73 Å². The van der Waals surface area contributed by atoms with Crippen LogP contribution in [0.1, 0.15) is 41.8 Å². The van der Waals surface area contributed by atoms with Crippen LogP contribution in [0.2, 0.25) is 5.02 Å². The Morgan fingerprint density at radius 1 is 1.35 bits per heavy atom. The zero-order valence-electron chi connectivity index (χ0n) is 12.0. The first-order chi connectivity index (χ1) is 9.45. The lowest BCUT2D eigenvalue weighted by Gasteiger charge is -2.17. The third-order valence-corrected chi connectivity index (χ3v) is 4.92. The molecule has 0 radical (unpaired) electrons. The number of nitrogens with two attached hydrogens (primary N) is 1. The summed E-state index contributed by atoms with van der Waals surface area (Å²) in [6.45, 7) is 7.07. The maximum Gasteiger partial charge on any atom is 0.0837 e. The average molecular weight is 357 g/mol. The van der Waals surface area contributed by atoms with Crippen LogP contribution >= 0.6 is 27.5 Å². The van der Waals surface area contributed by atoms with E-state index in [1.807, 2.05) is 4.68 Å². The molecule has 0 bridgehead atoms. The van der Waals surface area contributed by atoms with Crippen LogP contribution in [-0.2, 0) is 6.54 Å². The molecule has 2 N–H and O–H groups in total. The van der Waals surface area contributed by atoms with Crippen LogP contribution < -0.4 is 5.73 Å².